The number of hydrogen-bond acceptors (Lipinski definition) is 7. The highest BCUT2D eigenvalue weighted by Gasteiger charge is 2.48. The first-order valence-electron chi connectivity index (χ1n) is 14.3. The maximum Gasteiger partial charge on any atom is 0.301 e. The molecule has 1 aromatic heterocycles. The van der Waals surface area contributed by atoms with E-state index in [0.29, 0.717) is 41.0 Å². The van der Waals surface area contributed by atoms with Crippen molar-refractivity contribution in [2.24, 2.45) is 5.92 Å². The van der Waals surface area contributed by atoms with Crippen LogP contribution in [-0.2, 0) is 16.0 Å². The highest BCUT2D eigenvalue weighted by molar-refractivity contribution is 7.22. The molecule has 0 spiro atoms. The quantitative estimate of drug-likeness (QED) is 0.140. The summed E-state index contributed by atoms with van der Waals surface area (Å²) in [5, 5.41) is 12.1. The summed E-state index contributed by atoms with van der Waals surface area (Å²) in [5.74, 6) is 0.204. The Balaban J connectivity index is 1.50. The first-order valence-corrected chi connectivity index (χ1v) is 15.1. The number of benzene rings is 3. The molecule has 0 radical (unpaired) electrons. The number of fused-ring (bicyclic) bond motifs is 2. The van der Waals surface area contributed by atoms with Gasteiger partial charge in [-0.1, -0.05) is 43.4 Å². The van der Waals surface area contributed by atoms with E-state index in [4.69, 9.17) is 14.5 Å². The summed E-state index contributed by atoms with van der Waals surface area (Å²) in [6.45, 7) is 10.8. The Morgan fingerprint density at radius 3 is 2.74 bits per heavy atom. The zero-order valence-electron chi connectivity index (χ0n) is 24.4. The number of ether oxygens (including phenoxy) is 2. The number of carbonyl (C=O) groups excluding carboxylic acids is 2. The van der Waals surface area contributed by atoms with Gasteiger partial charge in [0.25, 0.3) is 5.78 Å². The van der Waals surface area contributed by atoms with E-state index in [1.807, 2.05) is 63.2 Å². The minimum atomic E-state index is -0.885. The van der Waals surface area contributed by atoms with Crippen molar-refractivity contribution < 1.29 is 24.2 Å². The molecular formula is C34H34N2O5S. The van der Waals surface area contributed by atoms with Gasteiger partial charge in [-0.15, -0.1) is 0 Å². The number of anilines is 1. The van der Waals surface area contributed by atoms with Crippen molar-refractivity contribution >= 4 is 44.1 Å². The lowest BCUT2D eigenvalue weighted by molar-refractivity contribution is -0.132. The van der Waals surface area contributed by atoms with Crippen LogP contribution >= 0.6 is 11.3 Å². The molecule has 3 aromatic carbocycles. The Labute approximate surface area is 249 Å². The fraction of sp³-hybridized carbons (Fsp3) is 0.324. The van der Waals surface area contributed by atoms with Gasteiger partial charge in [-0.05, 0) is 91.8 Å². The number of aliphatic hydroxyl groups excluding tert-OH is 1. The van der Waals surface area contributed by atoms with Crippen LogP contribution < -0.4 is 14.4 Å². The van der Waals surface area contributed by atoms with Crippen molar-refractivity contribution in [3.8, 4) is 11.5 Å². The lowest BCUT2D eigenvalue weighted by Crippen LogP contribution is -2.29. The Hall–Kier alpha value is -4.17. The van der Waals surface area contributed by atoms with Crippen LogP contribution in [0.5, 0.6) is 11.5 Å². The lowest BCUT2D eigenvalue weighted by atomic mass is 9.94. The molecule has 0 aliphatic carbocycles. The first-order chi connectivity index (χ1) is 20.1. The Bertz CT molecular complexity index is 1750. The van der Waals surface area contributed by atoms with Crippen LogP contribution in [-0.4, -0.2) is 34.5 Å². The van der Waals surface area contributed by atoms with E-state index in [0.717, 1.165) is 39.1 Å². The van der Waals surface area contributed by atoms with E-state index in [-0.39, 0.29) is 17.4 Å². The summed E-state index contributed by atoms with van der Waals surface area (Å²) in [5.41, 5.74) is 4.98. The number of thiazole rings is 1. The summed E-state index contributed by atoms with van der Waals surface area (Å²) in [6.07, 6.45) is 1.63. The van der Waals surface area contributed by atoms with Crippen molar-refractivity contribution in [1.29, 1.82) is 0 Å². The van der Waals surface area contributed by atoms with E-state index in [9.17, 15) is 14.7 Å². The van der Waals surface area contributed by atoms with Crippen molar-refractivity contribution in [3.05, 3.63) is 88.0 Å². The molecule has 1 saturated heterocycles. The van der Waals surface area contributed by atoms with E-state index < -0.39 is 17.7 Å². The fourth-order valence-corrected chi connectivity index (χ4v) is 6.89. The lowest BCUT2D eigenvalue weighted by Gasteiger charge is -2.23. The van der Waals surface area contributed by atoms with Gasteiger partial charge in [-0.2, -0.15) is 0 Å². The van der Waals surface area contributed by atoms with Crippen LogP contribution in [0.25, 0.3) is 16.0 Å². The number of carbonyl (C=O) groups is 2. The van der Waals surface area contributed by atoms with Crippen molar-refractivity contribution in [1.82, 2.24) is 4.98 Å². The minimum absolute atomic E-state index is 0.0263. The van der Waals surface area contributed by atoms with E-state index >= 15 is 0 Å². The number of nitrogens with zero attached hydrogens (tertiary/aromatic N) is 2. The molecule has 6 rings (SSSR count). The molecule has 1 amide bonds. The van der Waals surface area contributed by atoms with E-state index in [1.54, 1.807) is 12.1 Å². The molecule has 2 atom stereocenters. The van der Waals surface area contributed by atoms with E-state index in [2.05, 4.69) is 13.8 Å². The summed E-state index contributed by atoms with van der Waals surface area (Å²) in [6, 6.07) is 16.0. The zero-order valence-corrected chi connectivity index (χ0v) is 25.2. The molecule has 8 heteroatoms. The highest BCUT2D eigenvalue weighted by atomic mass is 32.1. The van der Waals surface area contributed by atoms with Crippen LogP contribution in [0.4, 0.5) is 5.13 Å². The number of Topliss-reactive ketones (excluding diaryl/α,β-unsaturated/α-hetero) is 1. The third-order valence-corrected chi connectivity index (χ3v) is 8.78. The van der Waals surface area contributed by atoms with Gasteiger partial charge >= 0.3 is 5.91 Å². The number of amides is 1. The molecule has 1 fully saturated rings. The van der Waals surface area contributed by atoms with Gasteiger partial charge < -0.3 is 14.6 Å². The molecule has 2 aliphatic rings. The summed E-state index contributed by atoms with van der Waals surface area (Å²) >= 11 is 1.36. The summed E-state index contributed by atoms with van der Waals surface area (Å²) < 4.78 is 12.8. The molecule has 0 bridgehead atoms. The third-order valence-electron chi connectivity index (χ3n) is 7.78. The van der Waals surface area contributed by atoms with Gasteiger partial charge in [0.15, 0.2) is 5.13 Å². The predicted molar refractivity (Wildman–Crippen MR) is 166 cm³/mol. The zero-order chi connectivity index (χ0) is 29.7. The van der Waals surface area contributed by atoms with Crippen LogP contribution in [0, 0.1) is 19.8 Å². The van der Waals surface area contributed by atoms with Gasteiger partial charge in [0.05, 0.1) is 28.4 Å². The van der Waals surface area contributed by atoms with Crippen molar-refractivity contribution in [2.75, 3.05) is 11.5 Å². The van der Waals surface area contributed by atoms with Gasteiger partial charge in [0, 0.05) is 12.0 Å². The second-order valence-corrected chi connectivity index (χ2v) is 12.7. The number of aliphatic hydroxyl groups is 1. The Kier molecular flexibility index (Phi) is 7.27. The average molecular weight is 583 g/mol. The van der Waals surface area contributed by atoms with Crippen molar-refractivity contribution in [2.45, 2.75) is 59.6 Å². The standard InChI is InChI=1S/C34H34N2O5S/c1-18(2)11-12-40-25-8-6-7-22(17-25)30-28(31(37)23-9-10-26-24(16-23)15-21(5)41-26)32(38)33(39)36(30)34-35-29-20(4)13-19(3)14-27(29)42-34/h6-10,13-14,16-18,21,30,37H,11-12,15H2,1-5H3/b31-28+. The molecule has 4 aromatic rings. The predicted octanol–water partition coefficient (Wildman–Crippen LogP) is 7.29. The monoisotopic (exact) mass is 582 g/mol. The normalized spacial score (nSPS) is 19.5. The fourth-order valence-electron chi connectivity index (χ4n) is 5.72. The van der Waals surface area contributed by atoms with Gasteiger partial charge in [0.1, 0.15) is 23.4 Å². The van der Waals surface area contributed by atoms with Gasteiger partial charge in [-0.25, -0.2) is 4.98 Å². The topological polar surface area (TPSA) is 89.0 Å². The molecule has 1 N–H and O–H groups in total. The molecule has 3 heterocycles. The SMILES string of the molecule is Cc1cc(C)c2nc(N3C(=O)C(=O)/C(=C(/O)c4ccc5c(c4)CC(C)O5)C3c3cccc(OCCC(C)C)c3)sc2c1. The number of ketones is 1. The minimum Gasteiger partial charge on any atom is -0.507 e. The number of aryl methyl sites for hydroxylation is 2. The van der Waals surface area contributed by atoms with Crippen LogP contribution in [0.3, 0.4) is 0 Å². The number of aromatic nitrogens is 1. The Morgan fingerprint density at radius 1 is 1.14 bits per heavy atom. The third kappa shape index (κ3) is 5.04. The molecule has 2 aliphatic heterocycles. The smallest absolute Gasteiger partial charge is 0.301 e. The molecule has 0 saturated carbocycles. The van der Waals surface area contributed by atoms with Crippen molar-refractivity contribution in [3.63, 3.8) is 0 Å². The molecule has 216 valence electrons. The second-order valence-electron chi connectivity index (χ2n) is 11.7. The molecule has 2 unspecified atom stereocenters. The molecular weight excluding hydrogens is 548 g/mol. The maximum absolute atomic E-state index is 13.8. The molecule has 7 nitrogen and oxygen atoms in total. The summed E-state index contributed by atoms with van der Waals surface area (Å²) in [4.78, 5) is 33.8. The average Bonchev–Trinajstić information content (AvgIpc) is 3.61. The van der Waals surface area contributed by atoms with Crippen LogP contribution in [0.1, 0.15) is 61.1 Å². The largest absolute Gasteiger partial charge is 0.507 e. The maximum atomic E-state index is 13.8. The second kappa shape index (κ2) is 10.9. The van der Waals surface area contributed by atoms with Crippen LogP contribution in [0.15, 0.2) is 60.2 Å². The van der Waals surface area contributed by atoms with Crippen LogP contribution in [0.2, 0.25) is 0 Å². The van der Waals surface area contributed by atoms with E-state index in [1.165, 1.54) is 16.2 Å². The summed E-state index contributed by atoms with van der Waals surface area (Å²) in [7, 11) is 0. The Morgan fingerprint density at radius 2 is 1.95 bits per heavy atom. The molecule has 42 heavy (non-hydrogen) atoms. The van der Waals surface area contributed by atoms with Gasteiger partial charge in [-0.3, -0.25) is 14.5 Å². The first kappa shape index (κ1) is 28.0. The number of hydrogen-bond donors (Lipinski definition) is 1. The van der Waals surface area contributed by atoms with Gasteiger partial charge in [0.2, 0.25) is 0 Å². The number of rotatable bonds is 7. The highest BCUT2D eigenvalue weighted by Crippen LogP contribution is 2.45.